The van der Waals surface area contributed by atoms with Crippen molar-refractivity contribution in [1.82, 2.24) is 0 Å². The standard InChI is InChI=1S/C4H6N2O/c1-3-7-4-6-5-2/h3-4H,1-2H2/b6-4-. The predicted molar refractivity (Wildman–Crippen MR) is 29.3 cm³/mol. The van der Waals surface area contributed by atoms with Crippen molar-refractivity contribution in [3.8, 4) is 0 Å². The Hall–Kier alpha value is -1.12. The molecule has 0 rings (SSSR count). The normalized spacial score (nSPS) is 8.57. The molecule has 0 aromatic heterocycles. The number of ether oxygens (including phenoxy) is 1. The molecule has 0 aromatic carbocycles. The molecule has 7 heavy (non-hydrogen) atoms. The van der Waals surface area contributed by atoms with E-state index in [2.05, 4.69) is 28.2 Å². The van der Waals surface area contributed by atoms with Gasteiger partial charge in [-0.2, -0.15) is 5.10 Å². The molecule has 0 N–H and O–H groups in total. The third-order valence-corrected chi connectivity index (χ3v) is 0.286. The van der Waals surface area contributed by atoms with Gasteiger partial charge in [0.05, 0.1) is 6.26 Å². The molecule has 0 aliphatic carbocycles. The maximum Gasteiger partial charge on any atom is 0.200 e. The molecule has 0 bridgehead atoms. The van der Waals surface area contributed by atoms with Crippen molar-refractivity contribution in [2.24, 2.45) is 10.2 Å². The van der Waals surface area contributed by atoms with Crippen LogP contribution in [0.3, 0.4) is 0 Å². The zero-order valence-corrected chi connectivity index (χ0v) is 3.87. The van der Waals surface area contributed by atoms with Gasteiger partial charge in [0.25, 0.3) is 0 Å². The maximum atomic E-state index is 4.41. The minimum Gasteiger partial charge on any atom is -0.452 e. The first-order valence-electron chi connectivity index (χ1n) is 1.65. The average molecular weight is 98.1 g/mol. The van der Waals surface area contributed by atoms with Crippen molar-refractivity contribution in [3.05, 3.63) is 12.8 Å². The third kappa shape index (κ3) is 4.88. The second kappa shape index (κ2) is 4.88. The molecule has 0 aliphatic heterocycles. The summed E-state index contributed by atoms with van der Waals surface area (Å²) in [5.74, 6) is 0. The lowest BCUT2D eigenvalue weighted by Gasteiger charge is -1.78. The molecule has 0 saturated carbocycles. The Morgan fingerprint density at radius 2 is 2.29 bits per heavy atom. The molecule has 0 atom stereocenters. The third-order valence-electron chi connectivity index (χ3n) is 0.286. The molecule has 0 spiro atoms. The molecule has 0 aliphatic rings. The minimum absolute atomic E-state index is 1.14. The molecule has 0 heterocycles. The van der Waals surface area contributed by atoms with Gasteiger partial charge in [0.2, 0.25) is 6.40 Å². The topological polar surface area (TPSA) is 34.0 Å². The first-order chi connectivity index (χ1) is 3.41. The fourth-order valence-corrected chi connectivity index (χ4v) is 0.104. The van der Waals surface area contributed by atoms with Crippen LogP contribution in [-0.2, 0) is 4.74 Å². The quantitative estimate of drug-likeness (QED) is 0.222. The summed E-state index contributed by atoms with van der Waals surface area (Å²) in [5.41, 5.74) is 0. The van der Waals surface area contributed by atoms with Gasteiger partial charge in [0.1, 0.15) is 0 Å². The summed E-state index contributed by atoms with van der Waals surface area (Å²) in [6.07, 6.45) is 2.38. The van der Waals surface area contributed by atoms with Gasteiger partial charge in [0.15, 0.2) is 0 Å². The molecule has 0 fully saturated rings. The molecular formula is C4H6N2O. The summed E-state index contributed by atoms with van der Waals surface area (Å²) in [4.78, 5) is 0. The van der Waals surface area contributed by atoms with Crippen LogP contribution in [0.4, 0.5) is 0 Å². The van der Waals surface area contributed by atoms with Gasteiger partial charge in [-0.1, -0.05) is 6.58 Å². The summed E-state index contributed by atoms with van der Waals surface area (Å²) in [6, 6.07) is 0. The largest absolute Gasteiger partial charge is 0.452 e. The van der Waals surface area contributed by atoms with Crippen LogP contribution in [0.15, 0.2) is 23.0 Å². The van der Waals surface area contributed by atoms with Crippen LogP contribution in [0.1, 0.15) is 0 Å². The van der Waals surface area contributed by atoms with Crippen LogP contribution in [-0.4, -0.2) is 13.1 Å². The highest BCUT2D eigenvalue weighted by Gasteiger charge is 1.57. The summed E-state index contributed by atoms with van der Waals surface area (Å²) in [7, 11) is 0. The second-order valence-electron chi connectivity index (χ2n) is 0.665. The van der Waals surface area contributed by atoms with E-state index >= 15 is 0 Å². The molecular weight excluding hydrogens is 92.1 g/mol. The lowest BCUT2D eigenvalue weighted by molar-refractivity contribution is 0.494. The van der Waals surface area contributed by atoms with Crippen LogP contribution in [0.2, 0.25) is 0 Å². The van der Waals surface area contributed by atoms with E-state index in [1.807, 2.05) is 0 Å². The van der Waals surface area contributed by atoms with Crippen molar-refractivity contribution in [3.63, 3.8) is 0 Å². The fourth-order valence-electron chi connectivity index (χ4n) is 0.104. The van der Waals surface area contributed by atoms with Gasteiger partial charge in [-0.3, -0.25) is 0 Å². The van der Waals surface area contributed by atoms with Gasteiger partial charge in [-0.05, 0) is 0 Å². The van der Waals surface area contributed by atoms with Crippen molar-refractivity contribution in [2.75, 3.05) is 0 Å². The monoisotopic (exact) mass is 98.0 g/mol. The van der Waals surface area contributed by atoms with Gasteiger partial charge < -0.3 is 4.74 Å². The second-order valence-corrected chi connectivity index (χ2v) is 0.665. The summed E-state index contributed by atoms with van der Waals surface area (Å²) < 4.78 is 4.41. The zero-order valence-electron chi connectivity index (χ0n) is 3.87. The molecule has 0 unspecified atom stereocenters. The van der Waals surface area contributed by atoms with E-state index in [4.69, 9.17) is 0 Å². The van der Waals surface area contributed by atoms with E-state index in [-0.39, 0.29) is 0 Å². The average Bonchev–Trinajstić information content (AvgIpc) is 1.69. The molecule has 0 radical (unpaired) electrons. The smallest absolute Gasteiger partial charge is 0.200 e. The molecule has 0 amide bonds. The van der Waals surface area contributed by atoms with Crippen molar-refractivity contribution < 1.29 is 4.74 Å². The molecule has 0 saturated heterocycles. The van der Waals surface area contributed by atoms with Gasteiger partial charge >= 0.3 is 0 Å². The molecule has 3 heteroatoms. The van der Waals surface area contributed by atoms with E-state index in [0.717, 1.165) is 6.40 Å². The Morgan fingerprint density at radius 1 is 1.57 bits per heavy atom. The zero-order chi connectivity index (χ0) is 5.54. The van der Waals surface area contributed by atoms with Crippen LogP contribution in [0.25, 0.3) is 0 Å². The number of nitrogens with zero attached hydrogens (tertiary/aromatic N) is 2. The van der Waals surface area contributed by atoms with Crippen molar-refractivity contribution in [1.29, 1.82) is 0 Å². The highest BCUT2D eigenvalue weighted by Crippen LogP contribution is 1.66. The highest BCUT2D eigenvalue weighted by atomic mass is 16.5. The lowest BCUT2D eigenvalue weighted by atomic mass is 11.1. The van der Waals surface area contributed by atoms with E-state index < -0.39 is 0 Å². The first kappa shape index (κ1) is 5.88. The van der Waals surface area contributed by atoms with Crippen LogP contribution in [0.5, 0.6) is 0 Å². The number of hydrogen-bond acceptors (Lipinski definition) is 3. The molecule has 38 valence electrons. The fraction of sp³-hybridized carbons (Fsp3) is 0. The van der Waals surface area contributed by atoms with Gasteiger partial charge in [0, 0.05) is 6.72 Å². The summed E-state index contributed by atoms with van der Waals surface area (Å²) in [5, 5.41) is 6.38. The van der Waals surface area contributed by atoms with Gasteiger partial charge in [-0.25, -0.2) is 0 Å². The number of hydrogen-bond donors (Lipinski definition) is 0. The van der Waals surface area contributed by atoms with Crippen LogP contribution < -0.4 is 0 Å². The van der Waals surface area contributed by atoms with E-state index in [0.29, 0.717) is 0 Å². The Labute approximate surface area is 42.0 Å². The maximum absolute atomic E-state index is 4.41. The SMILES string of the molecule is C=CO/C=N\N=C. The van der Waals surface area contributed by atoms with Gasteiger partial charge in [-0.15, -0.1) is 5.10 Å². The van der Waals surface area contributed by atoms with Crippen LogP contribution in [0, 0.1) is 0 Å². The summed E-state index contributed by atoms with van der Waals surface area (Å²) >= 11 is 0. The Balaban J connectivity index is 3.08. The van der Waals surface area contributed by atoms with E-state index in [1.165, 1.54) is 6.26 Å². The van der Waals surface area contributed by atoms with Crippen molar-refractivity contribution >= 4 is 13.1 Å². The van der Waals surface area contributed by atoms with Crippen LogP contribution >= 0.6 is 0 Å². The minimum atomic E-state index is 1.14. The Kier molecular flexibility index (Phi) is 4.10. The Morgan fingerprint density at radius 3 is 2.71 bits per heavy atom. The highest BCUT2D eigenvalue weighted by molar-refractivity contribution is 5.47. The van der Waals surface area contributed by atoms with E-state index in [9.17, 15) is 0 Å². The molecule has 3 nitrogen and oxygen atoms in total. The molecule has 0 aromatic rings. The van der Waals surface area contributed by atoms with E-state index in [1.54, 1.807) is 0 Å². The number of rotatable bonds is 3. The lowest BCUT2D eigenvalue weighted by Crippen LogP contribution is -1.69. The summed E-state index contributed by atoms with van der Waals surface area (Å²) in [6.45, 7) is 6.33. The van der Waals surface area contributed by atoms with Crippen molar-refractivity contribution in [2.45, 2.75) is 0 Å². The predicted octanol–water partition coefficient (Wildman–Crippen LogP) is 0.790. The Bertz CT molecular complexity index is 87.7. The first-order valence-corrected chi connectivity index (χ1v) is 1.65.